The Hall–Kier alpha value is -4.01. The van der Waals surface area contributed by atoms with Crippen LogP contribution in [-0.2, 0) is 0 Å². The van der Waals surface area contributed by atoms with Crippen LogP contribution in [-0.4, -0.2) is 30.9 Å². The fourth-order valence-electron chi connectivity index (χ4n) is 2.86. The second-order valence-electron chi connectivity index (χ2n) is 5.88. The Morgan fingerprint density at radius 1 is 1.36 bits per heavy atom. The molecule has 0 saturated carbocycles. The third-order valence-electron chi connectivity index (χ3n) is 4.06. The van der Waals surface area contributed by atoms with E-state index in [1.807, 2.05) is 18.2 Å². The first-order chi connectivity index (χ1) is 13.5. The second-order valence-corrected chi connectivity index (χ2v) is 5.88. The largest absolute Gasteiger partial charge is 0.465 e. The van der Waals surface area contributed by atoms with Gasteiger partial charge in [0.05, 0.1) is 22.3 Å². The fourth-order valence-corrected chi connectivity index (χ4v) is 2.86. The molecule has 9 nitrogen and oxygen atoms in total. The molecule has 2 aromatic heterocycles. The van der Waals surface area contributed by atoms with E-state index in [4.69, 9.17) is 5.11 Å². The van der Waals surface area contributed by atoms with E-state index in [0.29, 0.717) is 23.4 Å². The van der Waals surface area contributed by atoms with Crippen molar-refractivity contribution >= 4 is 11.8 Å². The minimum atomic E-state index is -1.20. The molecule has 2 N–H and O–H groups in total. The summed E-state index contributed by atoms with van der Waals surface area (Å²) in [4.78, 5) is 26.3. The molecule has 28 heavy (non-hydrogen) atoms. The Morgan fingerprint density at radius 2 is 2.11 bits per heavy atom. The minimum Gasteiger partial charge on any atom is -0.465 e. The number of nitro groups is 1. The van der Waals surface area contributed by atoms with Crippen LogP contribution >= 0.6 is 0 Å². The molecule has 3 aromatic rings. The molecule has 0 radical (unpaired) electrons. The summed E-state index contributed by atoms with van der Waals surface area (Å²) in [7, 11) is 0. The molecular weight excluding hydrogens is 362 g/mol. The summed E-state index contributed by atoms with van der Waals surface area (Å²) in [6.45, 7) is 3.63. The molecule has 2 heterocycles. The molecule has 9 heteroatoms. The summed E-state index contributed by atoms with van der Waals surface area (Å²) in [5.74, 6) is 0. The van der Waals surface area contributed by atoms with Crippen LogP contribution in [0.25, 0.3) is 16.9 Å². The predicted molar refractivity (Wildman–Crippen MR) is 102 cm³/mol. The zero-order valence-electron chi connectivity index (χ0n) is 14.7. The number of carboxylic acid groups (broad SMARTS) is 1. The number of pyridine rings is 1. The number of rotatable bonds is 7. The van der Waals surface area contributed by atoms with Gasteiger partial charge in [0.25, 0.3) is 0 Å². The number of hydrogen-bond donors (Lipinski definition) is 2. The quantitative estimate of drug-likeness (QED) is 0.366. The van der Waals surface area contributed by atoms with Crippen LogP contribution in [0.15, 0.2) is 67.5 Å². The first kappa shape index (κ1) is 18.8. The van der Waals surface area contributed by atoms with Crippen LogP contribution in [0.2, 0.25) is 0 Å². The number of nitrogens with zero attached hydrogens (tertiary/aromatic N) is 4. The average molecular weight is 379 g/mol. The molecule has 0 aliphatic heterocycles. The number of benzene rings is 1. The maximum atomic E-state index is 11.5. The summed E-state index contributed by atoms with van der Waals surface area (Å²) in [6.07, 6.45) is 3.38. The molecule has 1 atom stereocenters. The highest BCUT2D eigenvalue weighted by atomic mass is 16.6. The molecule has 0 fully saturated rings. The molecule has 142 valence electrons. The lowest BCUT2D eigenvalue weighted by molar-refractivity contribution is -0.384. The highest BCUT2D eigenvalue weighted by Gasteiger charge is 2.24. The van der Waals surface area contributed by atoms with E-state index >= 15 is 0 Å². The van der Waals surface area contributed by atoms with Gasteiger partial charge in [-0.2, -0.15) is 5.10 Å². The minimum absolute atomic E-state index is 0.160. The number of amides is 1. The molecule has 1 unspecified atom stereocenters. The summed E-state index contributed by atoms with van der Waals surface area (Å²) in [6, 6.07) is 11.6. The lowest BCUT2D eigenvalue weighted by atomic mass is 10.1. The molecular formula is C19H17N5O4. The van der Waals surface area contributed by atoms with Gasteiger partial charge in [0, 0.05) is 11.8 Å². The van der Waals surface area contributed by atoms with Crippen molar-refractivity contribution in [2.45, 2.75) is 12.5 Å². The van der Waals surface area contributed by atoms with Gasteiger partial charge in [-0.3, -0.25) is 15.1 Å². The number of nitrogens with one attached hydrogen (secondary N) is 1. The standard InChI is InChI=1S/C19H17N5O4/c1-2-6-15(22-19(25)26)16-11-13(9-10-20-16)18-17(24(27)28)12-21-23(18)14-7-4-3-5-8-14/h2-5,7-12,15,22H,1,6H2,(H,25,26). The van der Waals surface area contributed by atoms with Gasteiger partial charge in [-0.1, -0.05) is 24.3 Å². The topological polar surface area (TPSA) is 123 Å². The van der Waals surface area contributed by atoms with E-state index in [1.54, 1.807) is 30.3 Å². The Bertz CT molecular complexity index is 1020. The lowest BCUT2D eigenvalue weighted by Crippen LogP contribution is -2.27. The van der Waals surface area contributed by atoms with Gasteiger partial charge < -0.3 is 10.4 Å². The Labute approximate surface area is 160 Å². The number of carbonyl (C=O) groups is 1. The zero-order valence-corrected chi connectivity index (χ0v) is 14.7. The second kappa shape index (κ2) is 8.12. The summed E-state index contributed by atoms with van der Waals surface area (Å²) in [5.41, 5.74) is 1.71. The van der Waals surface area contributed by atoms with Gasteiger partial charge >= 0.3 is 11.8 Å². The van der Waals surface area contributed by atoms with Gasteiger partial charge in [-0.25, -0.2) is 9.48 Å². The maximum Gasteiger partial charge on any atom is 0.405 e. The van der Waals surface area contributed by atoms with Crippen LogP contribution in [0.3, 0.4) is 0 Å². The normalized spacial score (nSPS) is 11.6. The maximum absolute atomic E-state index is 11.5. The first-order valence-corrected chi connectivity index (χ1v) is 8.35. The summed E-state index contributed by atoms with van der Waals surface area (Å²) in [5, 5.41) is 27.1. The van der Waals surface area contributed by atoms with Crippen molar-refractivity contribution in [2.75, 3.05) is 0 Å². The lowest BCUT2D eigenvalue weighted by Gasteiger charge is -2.15. The molecule has 3 rings (SSSR count). The molecule has 0 saturated heterocycles. The average Bonchev–Trinajstić information content (AvgIpc) is 3.14. The van der Waals surface area contributed by atoms with E-state index in [1.165, 1.54) is 17.1 Å². The van der Waals surface area contributed by atoms with Gasteiger partial charge in [0.2, 0.25) is 0 Å². The van der Waals surface area contributed by atoms with Crippen molar-refractivity contribution in [2.24, 2.45) is 0 Å². The predicted octanol–water partition coefficient (Wildman–Crippen LogP) is 3.73. The molecule has 0 spiro atoms. The van der Waals surface area contributed by atoms with E-state index in [9.17, 15) is 14.9 Å². The van der Waals surface area contributed by atoms with Gasteiger partial charge in [0.15, 0.2) is 5.69 Å². The molecule has 0 aliphatic rings. The highest BCUT2D eigenvalue weighted by molar-refractivity contribution is 5.72. The Balaban J connectivity index is 2.13. The van der Waals surface area contributed by atoms with Crippen molar-refractivity contribution in [3.63, 3.8) is 0 Å². The van der Waals surface area contributed by atoms with Crippen molar-refractivity contribution in [3.8, 4) is 16.9 Å². The van der Waals surface area contributed by atoms with Crippen LogP contribution in [0.4, 0.5) is 10.5 Å². The molecule has 1 amide bonds. The summed E-state index contributed by atoms with van der Waals surface area (Å²) < 4.78 is 1.48. The Morgan fingerprint density at radius 3 is 2.75 bits per heavy atom. The van der Waals surface area contributed by atoms with Crippen molar-refractivity contribution in [1.82, 2.24) is 20.1 Å². The van der Waals surface area contributed by atoms with Gasteiger partial charge in [0.1, 0.15) is 6.20 Å². The van der Waals surface area contributed by atoms with Crippen molar-refractivity contribution in [3.05, 3.63) is 83.3 Å². The number of para-hydroxylation sites is 1. The van der Waals surface area contributed by atoms with Crippen LogP contribution < -0.4 is 5.32 Å². The smallest absolute Gasteiger partial charge is 0.405 e. The molecule has 0 aliphatic carbocycles. The van der Waals surface area contributed by atoms with E-state index < -0.39 is 17.1 Å². The summed E-state index contributed by atoms with van der Waals surface area (Å²) >= 11 is 0. The number of aromatic nitrogens is 3. The van der Waals surface area contributed by atoms with Gasteiger partial charge in [-0.15, -0.1) is 6.58 Å². The highest BCUT2D eigenvalue weighted by Crippen LogP contribution is 2.33. The first-order valence-electron chi connectivity index (χ1n) is 8.35. The van der Waals surface area contributed by atoms with E-state index in [-0.39, 0.29) is 11.4 Å². The SMILES string of the molecule is C=CCC(NC(=O)O)c1cc(-c2c([N+](=O)[O-])cnn2-c2ccccc2)ccn1. The van der Waals surface area contributed by atoms with Crippen LogP contribution in [0, 0.1) is 10.1 Å². The molecule has 1 aromatic carbocycles. The van der Waals surface area contributed by atoms with E-state index in [2.05, 4.69) is 22.0 Å². The van der Waals surface area contributed by atoms with Crippen LogP contribution in [0.1, 0.15) is 18.2 Å². The third-order valence-corrected chi connectivity index (χ3v) is 4.06. The van der Waals surface area contributed by atoms with Gasteiger partial charge in [-0.05, 0) is 30.7 Å². The zero-order chi connectivity index (χ0) is 20.1. The van der Waals surface area contributed by atoms with Crippen LogP contribution in [0.5, 0.6) is 0 Å². The van der Waals surface area contributed by atoms with Crippen molar-refractivity contribution in [1.29, 1.82) is 0 Å². The molecule has 0 bridgehead atoms. The van der Waals surface area contributed by atoms with Crippen molar-refractivity contribution < 1.29 is 14.8 Å². The monoisotopic (exact) mass is 379 g/mol. The van der Waals surface area contributed by atoms with E-state index in [0.717, 1.165) is 0 Å². The third kappa shape index (κ3) is 3.88. The fraction of sp³-hybridized carbons (Fsp3) is 0.105. The number of hydrogen-bond acceptors (Lipinski definition) is 5. The Kier molecular flexibility index (Phi) is 5.45.